The molecule has 0 aliphatic heterocycles. The van der Waals surface area contributed by atoms with E-state index in [0.29, 0.717) is 18.7 Å². The fraction of sp³-hybridized carbons (Fsp3) is 0.400. The van der Waals surface area contributed by atoms with E-state index in [2.05, 4.69) is 5.32 Å². The number of hydrogen-bond acceptors (Lipinski definition) is 5. The third-order valence-corrected chi connectivity index (χ3v) is 2.64. The van der Waals surface area contributed by atoms with Gasteiger partial charge in [-0.3, -0.25) is 14.4 Å². The number of nitrogens with two attached hydrogens (primary N) is 2. The largest absolute Gasteiger partial charge is 0.480 e. The summed E-state index contributed by atoms with van der Waals surface area (Å²) in [4.78, 5) is 31.5. The minimum atomic E-state index is -0.933. The highest BCUT2D eigenvalue weighted by Gasteiger charge is 2.09. The van der Waals surface area contributed by atoms with Crippen molar-refractivity contribution in [2.24, 2.45) is 11.5 Å². The van der Waals surface area contributed by atoms with Gasteiger partial charge in [0.25, 0.3) is 5.91 Å². The number of anilines is 1. The first-order chi connectivity index (χ1) is 10.4. The molecule has 1 atom stereocenters. The van der Waals surface area contributed by atoms with Gasteiger partial charge in [-0.15, -0.1) is 0 Å². The van der Waals surface area contributed by atoms with Gasteiger partial charge in [-0.25, -0.2) is 0 Å². The first kappa shape index (κ1) is 19.8. The van der Waals surface area contributed by atoms with E-state index in [1.165, 1.54) is 6.92 Å². The first-order valence-corrected chi connectivity index (χ1v) is 6.94. The van der Waals surface area contributed by atoms with Gasteiger partial charge in [0, 0.05) is 12.6 Å². The summed E-state index contributed by atoms with van der Waals surface area (Å²) >= 11 is 0. The maximum absolute atomic E-state index is 10.9. The van der Waals surface area contributed by atoms with Crippen LogP contribution in [0.1, 0.15) is 26.2 Å². The van der Waals surface area contributed by atoms with Crippen molar-refractivity contribution in [3.05, 3.63) is 30.3 Å². The maximum atomic E-state index is 10.9. The predicted octanol–water partition coefficient (Wildman–Crippen LogP) is 0.741. The number of rotatable bonds is 7. The van der Waals surface area contributed by atoms with Crippen molar-refractivity contribution in [3.63, 3.8) is 0 Å². The Morgan fingerprint density at radius 2 is 1.77 bits per heavy atom. The highest BCUT2D eigenvalue weighted by atomic mass is 16.4. The summed E-state index contributed by atoms with van der Waals surface area (Å²) in [7, 11) is 0. The number of carboxylic acid groups (broad SMARTS) is 1. The molecule has 7 heteroatoms. The Balaban J connectivity index is 0.000000409. The zero-order valence-electron chi connectivity index (χ0n) is 12.6. The van der Waals surface area contributed by atoms with Gasteiger partial charge in [0.2, 0.25) is 5.78 Å². The van der Waals surface area contributed by atoms with Gasteiger partial charge in [-0.2, -0.15) is 0 Å². The van der Waals surface area contributed by atoms with Gasteiger partial charge >= 0.3 is 5.97 Å². The Hall–Kier alpha value is -2.25. The Morgan fingerprint density at radius 1 is 1.18 bits per heavy atom. The summed E-state index contributed by atoms with van der Waals surface area (Å²) in [6.45, 7) is 1.84. The molecular weight excluding hydrogens is 286 g/mol. The maximum Gasteiger partial charge on any atom is 0.320 e. The number of carbonyl (C=O) groups is 3. The van der Waals surface area contributed by atoms with E-state index in [9.17, 15) is 14.4 Å². The zero-order valence-corrected chi connectivity index (χ0v) is 12.6. The van der Waals surface area contributed by atoms with Crippen LogP contribution in [0.3, 0.4) is 0 Å². The monoisotopic (exact) mass is 309 g/mol. The molecule has 1 amide bonds. The normalized spacial score (nSPS) is 10.9. The quantitative estimate of drug-likeness (QED) is 0.433. The number of carbonyl (C=O) groups excluding carboxylic acids is 2. The van der Waals surface area contributed by atoms with E-state index in [1.54, 1.807) is 24.3 Å². The van der Waals surface area contributed by atoms with E-state index in [-0.39, 0.29) is 0 Å². The standard InChI is InChI=1S/C9H9NO2.C6H14N2O2/c1-7(11)9(12)10-8-5-3-2-4-6-8;7-4-2-1-3-5(8)6(9)10/h2-6H,1H3,(H,10,12);5H,1-4,7-8H2,(H,9,10)/t;5-/m.0/s1. The number of amides is 1. The van der Waals surface area contributed by atoms with Crippen LogP contribution >= 0.6 is 0 Å². The fourth-order valence-corrected chi connectivity index (χ4v) is 1.37. The average molecular weight is 309 g/mol. The second kappa shape index (κ2) is 11.4. The van der Waals surface area contributed by atoms with Crippen molar-refractivity contribution in [2.75, 3.05) is 11.9 Å². The molecule has 0 bridgehead atoms. The number of Topliss-reactive ketones (excluding diaryl/α,β-unsaturated/α-hetero) is 1. The lowest BCUT2D eigenvalue weighted by molar-refractivity contribution is -0.138. The van der Waals surface area contributed by atoms with Gasteiger partial charge in [0.15, 0.2) is 0 Å². The Labute approximate surface area is 129 Å². The molecule has 1 aromatic carbocycles. The van der Waals surface area contributed by atoms with Gasteiger partial charge in [0.1, 0.15) is 6.04 Å². The van der Waals surface area contributed by atoms with Crippen LogP contribution in [0.4, 0.5) is 5.69 Å². The lowest BCUT2D eigenvalue weighted by atomic mass is 10.1. The SMILES string of the molecule is CC(=O)C(=O)Nc1ccccc1.NCCCC[C@H](N)C(=O)O. The fourth-order valence-electron chi connectivity index (χ4n) is 1.37. The minimum Gasteiger partial charge on any atom is -0.480 e. The number of ketones is 1. The van der Waals surface area contributed by atoms with Crippen LogP contribution < -0.4 is 16.8 Å². The third kappa shape index (κ3) is 9.62. The van der Waals surface area contributed by atoms with Crippen molar-refractivity contribution in [3.8, 4) is 0 Å². The van der Waals surface area contributed by atoms with Crippen LogP contribution in [-0.2, 0) is 14.4 Å². The van der Waals surface area contributed by atoms with E-state index in [1.807, 2.05) is 6.07 Å². The molecule has 0 aliphatic carbocycles. The molecule has 22 heavy (non-hydrogen) atoms. The van der Waals surface area contributed by atoms with Gasteiger partial charge in [-0.1, -0.05) is 24.6 Å². The number of benzene rings is 1. The summed E-state index contributed by atoms with van der Waals surface area (Å²) in [6.07, 6.45) is 2.16. The van der Waals surface area contributed by atoms with Crippen LogP contribution in [-0.4, -0.2) is 35.4 Å². The molecule has 0 aromatic heterocycles. The molecule has 0 unspecified atom stereocenters. The number of carboxylic acids is 1. The number of unbranched alkanes of at least 4 members (excludes halogenated alkanes) is 1. The highest BCUT2D eigenvalue weighted by molar-refractivity contribution is 6.39. The van der Waals surface area contributed by atoms with Crippen LogP contribution in [0.2, 0.25) is 0 Å². The second-order valence-corrected chi connectivity index (χ2v) is 4.61. The minimum absolute atomic E-state index is 0.487. The summed E-state index contributed by atoms with van der Waals surface area (Å²) in [5.41, 5.74) is 11.1. The lowest BCUT2D eigenvalue weighted by Crippen LogP contribution is -2.29. The number of nitrogens with one attached hydrogen (secondary N) is 1. The molecule has 0 aliphatic rings. The Morgan fingerprint density at radius 3 is 2.23 bits per heavy atom. The molecule has 0 heterocycles. The van der Waals surface area contributed by atoms with Crippen molar-refractivity contribution in [2.45, 2.75) is 32.2 Å². The van der Waals surface area contributed by atoms with E-state index in [0.717, 1.165) is 12.8 Å². The predicted molar refractivity (Wildman–Crippen MR) is 84.3 cm³/mol. The molecule has 6 N–H and O–H groups in total. The Bertz CT molecular complexity index is 477. The molecule has 0 saturated carbocycles. The molecular formula is C15H23N3O4. The molecule has 0 radical (unpaired) electrons. The molecule has 0 saturated heterocycles. The number of aliphatic carboxylic acids is 1. The van der Waals surface area contributed by atoms with Gasteiger partial charge < -0.3 is 21.9 Å². The van der Waals surface area contributed by atoms with Crippen LogP contribution in [0, 0.1) is 0 Å². The smallest absolute Gasteiger partial charge is 0.320 e. The summed E-state index contributed by atoms with van der Waals surface area (Å²) in [6, 6.07) is 8.14. The number of para-hydroxylation sites is 1. The van der Waals surface area contributed by atoms with Crippen LogP contribution in [0.25, 0.3) is 0 Å². The van der Waals surface area contributed by atoms with Crippen molar-refractivity contribution >= 4 is 23.3 Å². The number of hydrogen-bond donors (Lipinski definition) is 4. The molecule has 1 aromatic rings. The van der Waals surface area contributed by atoms with Gasteiger partial charge in [-0.05, 0) is 31.5 Å². The first-order valence-electron chi connectivity index (χ1n) is 6.94. The highest BCUT2D eigenvalue weighted by Crippen LogP contribution is 2.04. The summed E-state index contributed by atoms with van der Waals surface area (Å²) < 4.78 is 0. The average Bonchev–Trinajstić information content (AvgIpc) is 2.48. The third-order valence-electron chi connectivity index (χ3n) is 2.64. The van der Waals surface area contributed by atoms with Crippen LogP contribution in [0.15, 0.2) is 30.3 Å². The van der Waals surface area contributed by atoms with Crippen molar-refractivity contribution < 1.29 is 19.5 Å². The van der Waals surface area contributed by atoms with E-state index in [4.69, 9.17) is 16.6 Å². The van der Waals surface area contributed by atoms with Crippen molar-refractivity contribution in [1.29, 1.82) is 0 Å². The molecule has 7 nitrogen and oxygen atoms in total. The second-order valence-electron chi connectivity index (χ2n) is 4.61. The van der Waals surface area contributed by atoms with Crippen LogP contribution in [0.5, 0.6) is 0 Å². The summed E-state index contributed by atoms with van der Waals surface area (Å²) in [5.74, 6) is -2.00. The van der Waals surface area contributed by atoms with E-state index < -0.39 is 23.7 Å². The van der Waals surface area contributed by atoms with E-state index >= 15 is 0 Å². The zero-order chi connectivity index (χ0) is 17.0. The molecule has 0 fully saturated rings. The molecule has 1 rings (SSSR count). The lowest BCUT2D eigenvalue weighted by Gasteiger charge is -2.03. The Kier molecular flexibility index (Phi) is 10.2. The van der Waals surface area contributed by atoms with Crippen molar-refractivity contribution in [1.82, 2.24) is 0 Å². The van der Waals surface area contributed by atoms with Gasteiger partial charge in [0.05, 0.1) is 0 Å². The molecule has 122 valence electrons. The summed E-state index contributed by atoms with van der Waals surface area (Å²) in [5, 5.41) is 10.8. The topological polar surface area (TPSA) is 136 Å². The molecule has 0 spiro atoms.